The van der Waals surface area contributed by atoms with Gasteiger partial charge < -0.3 is 20.3 Å². The SMILES string of the molecule is CCCN1CCC(CNC(=NC)NCC(C)Oc2cccc(F)c2)CC1. The number of benzene rings is 1. The van der Waals surface area contributed by atoms with Gasteiger partial charge in [-0.25, -0.2) is 4.39 Å². The molecule has 0 aromatic heterocycles. The molecule has 5 nitrogen and oxygen atoms in total. The standard InChI is InChI=1S/C20H33FN4O/c1-4-10-25-11-8-17(9-12-25)15-24-20(22-3)23-14-16(2)26-19-7-5-6-18(21)13-19/h5-7,13,16-17H,4,8-12,14-15H2,1-3H3,(H2,22,23,24). The lowest BCUT2D eigenvalue weighted by Crippen LogP contribution is -2.45. The summed E-state index contributed by atoms with van der Waals surface area (Å²) in [7, 11) is 1.78. The molecule has 2 N–H and O–H groups in total. The normalized spacial score (nSPS) is 17.8. The molecule has 0 aliphatic carbocycles. The van der Waals surface area contributed by atoms with Gasteiger partial charge in [0.1, 0.15) is 17.7 Å². The quantitative estimate of drug-likeness (QED) is 0.550. The summed E-state index contributed by atoms with van der Waals surface area (Å²) >= 11 is 0. The van der Waals surface area contributed by atoms with E-state index in [1.54, 1.807) is 19.2 Å². The van der Waals surface area contributed by atoms with Gasteiger partial charge in [0.25, 0.3) is 0 Å². The molecule has 1 aliphatic rings. The van der Waals surface area contributed by atoms with Gasteiger partial charge in [0.2, 0.25) is 0 Å². The summed E-state index contributed by atoms with van der Waals surface area (Å²) in [6.45, 7) is 9.35. The lowest BCUT2D eigenvalue weighted by atomic mass is 9.97. The molecular formula is C20H33FN4O. The Kier molecular flexibility index (Phi) is 8.68. The van der Waals surface area contributed by atoms with Gasteiger partial charge in [0.15, 0.2) is 5.96 Å². The average Bonchev–Trinajstić information content (AvgIpc) is 2.63. The van der Waals surface area contributed by atoms with Crippen LogP contribution in [-0.4, -0.2) is 56.7 Å². The molecule has 146 valence electrons. The van der Waals surface area contributed by atoms with E-state index < -0.39 is 0 Å². The number of hydrogen-bond acceptors (Lipinski definition) is 3. The largest absolute Gasteiger partial charge is 0.489 e. The summed E-state index contributed by atoms with van der Waals surface area (Å²) in [5.74, 6) is 1.74. The van der Waals surface area contributed by atoms with E-state index in [2.05, 4.69) is 27.4 Å². The lowest BCUT2D eigenvalue weighted by molar-refractivity contribution is 0.185. The van der Waals surface area contributed by atoms with Crippen molar-refractivity contribution in [2.24, 2.45) is 10.9 Å². The Morgan fingerprint density at radius 1 is 1.35 bits per heavy atom. The number of piperidine rings is 1. The number of nitrogens with zero attached hydrogens (tertiary/aromatic N) is 2. The minimum atomic E-state index is -0.287. The fourth-order valence-electron chi connectivity index (χ4n) is 3.25. The molecule has 0 spiro atoms. The Labute approximate surface area is 157 Å². The zero-order valence-electron chi connectivity index (χ0n) is 16.3. The zero-order valence-corrected chi connectivity index (χ0v) is 16.3. The van der Waals surface area contributed by atoms with Crippen molar-refractivity contribution in [3.05, 3.63) is 30.1 Å². The van der Waals surface area contributed by atoms with Gasteiger partial charge in [-0.1, -0.05) is 13.0 Å². The van der Waals surface area contributed by atoms with Crippen LogP contribution in [0.15, 0.2) is 29.3 Å². The van der Waals surface area contributed by atoms with Crippen molar-refractivity contribution in [3.63, 3.8) is 0 Å². The summed E-state index contributed by atoms with van der Waals surface area (Å²) in [6.07, 6.45) is 3.62. The van der Waals surface area contributed by atoms with Gasteiger partial charge in [0, 0.05) is 19.7 Å². The Morgan fingerprint density at radius 3 is 2.77 bits per heavy atom. The van der Waals surface area contributed by atoms with E-state index in [0.717, 1.165) is 12.5 Å². The molecule has 0 amide bonds. The molecule has 1 saturated heterocycles. The molecule has 0 radical (unpaired) electrons. The molecule has 26 heavy (non-hydrogen) atoms. The predicted molar refractivity (Wildman–Crippen MR) is 105 cm³/mol. The molecule has 0 saturated carbocycles. The first kappa shape index (κ1) is 20.5. The third-order valence-corrected chi connectivity index (χ3v) is 4.72. The van der Waals surface area contributed by atoms with Crippen LogP contribution in [0.25, 0.3) is 0 Å². The number of halogens is 1. The molecule has 1 aromatic carbocycles. The topological polar surface area (TPSA) is 48.9 Å². The number of guanidine groups is 1. The van der Waals surface area contributed by atoms with Crippen molar-refractivity contribution in [2.75, 3.05) is 39.8 Å². The van der Waals surface area contributed by atoms with Gasteiger partial charge >= 0.3 is 0 Å². The highest BCUT2D eigenvalue weighted by Gasteiger charge is 2.18. The van der Waals surface area contributed by atoms with Crippen molar-refractivity contribution in [2.45, 2.75) is 39.2 Å². The van der Waals surface area contributed by atoms with E-state index in [4.69, 9.17) is 4.74 Å². The highest BCUT2D eigenvalue weighted by Crippen LogP contribution is 2.16. The van der Waals surface area contributed by atoms with Crippen molar-refractivity contribution in [3.8, 4) is 5.75 Å². The van der Waals surface area contributed by atoms with E-state index >= 15 is 0 Å². The van der Waals surface area contributed by atoms with Gasteiger partial charge in [-0.05, 0) is 63.9 Å². The Balaban J connectivity index is 1.66. The minimum Gasteiger partial charge on any atom is -0.489 e. The fraction of sp³-hybridized carbons (Fsp3) is 0.650. The summed E-state index contributed by atoms with van der Waals surface area (Å²) in [5.41, 5.74) is 0. The Bertz CT molecular complexity index is 558. The molecule has 1 fully saturated rings. The van der Waals surface area contributed by atoms with E-state index in [0.29, 0.717) is 18.2 Å². The van der Waals surface area contributed by atoms with Crippen molar-refractivity contribution < 1.29 is 9.13 Å². The van der Waals surface area contributed by atoms with E-state index in [1.165, 1.54) is 51.0 Å². The number of nitrogens with one attached hydrogen (secondary N) is 2. The molecule has 1 aromatic rings. The maximum atomic E-state index is 13.2. The number of aliphatic imine (C=N–C) groups is 1. The minimum absolute atomic E-state index is 0.0902. The molecule has 1 unspecified atom stereocenters. The number of hydrogen-bond donors (Lipinski definition) is 2. The van der Waals surface area contributed by atoms with Gasteiger partial charge in [-0.2, -0.15) is 0 Å². The second-order valence-corrected chi connectivity index (χ2v) is 7.00. The summed E-state index contributed by atoms with van der Waals surface area (Å²) < 4.78 is 18.9. The fourth-order valence-corrected chi connectivity index (χ4v) is 3.25. The van der Waals surface area contributed by atoms with Crippen molar-refractivity contribution in [1.82, 2.24) is 15.5 Å². The van der Waals surface area contributed by atoms with E-state index in [-0.39, 0.29) is 11.9 Å². The van der Waals surface area contributed by atoms with E-state index in [1.807, 2.05) is 6.92 Å². The molecule has 2 rings (SSSR count). The highest BCUT2D eigenvalue weighted by molar-refractivity contribution is 5.79. The lowest BCUT2D eigenvalue weighted by Gasteiger charge is -2.32. The number of rotatable bonds is 8. The van der Waals surface area contributed by atoms with Gasteiger partial charge in [-0.3, -0.25) is 4.99 Å². The van der Waals surface area contributed by atoms with Crippen LogP contribution in [0, 0.1) is 11.7 Å². The van der Waals surface area contributed by atoms with Crippen LogP contribution in [0.2, 0.25) is 0 Å². The van der Waals surface area contributed by atoms with Gasteiger partial charge in [-0.15, -0.1) is 0 Å². The summed E-state index contributed by atoms with van der Waals surface area (Å²) in [5, 5.41) is 6.70. The highest BCUT2D eigenvalue weighted by atomic mass is 19.1. The van der Waals surface area contributed by atoms with Crippen LogP contribution in [0.5, 0.6) is 5.75 Å². The van der Waals surface area contributed by atoms with Crippen molar-refractivity contribution >= 4 is 5.96 Å². The second kappa shape index (κ2) is 11.0. The summed E-state index contributed by atoms with van der Waals surface area (Å²) in [6, 6.07) is 6.22. The van der Waals surface area contributed by atoms with Crippen LogP contribution in [0.4, 0.5) is 4.39 Å². The Morgan fingerprint density at radius 2 is 2.12 bits per heavy atom. The van der Waals surface area contributed by atoms with Gasteiger partial charge in [0.05, 0.1) is 6.54 Å². The van der Waals surface area contributed by atoms with Crippen LogP contribution in [0.1, 0.15) is 33.1 Å². The maximum Gasteiger partial charge on any atom is 0.191 e. The van der Waals surface area contributed by atoms with E-state index in [9.17, 15) is 4.39 Å². The van der Waals surface area contributed by atoms with Crippen LogP contribution < -0.4 is 15.4 Å². The smallest absolute Gasteiger partial charge is 0.191 e. The van der Waals surface area contributed by atoms with Crippen molar-refractivity contribution in [1.29, 1.82) is 0 Å². The molecular weight excluding hydrogens is 331 g/mol. The molecule has 1 heterocycles. The molecule has 1 aliphatic heterocycles. The predicted octanol–water partition coefficient (Wildman–Crippen LogP) is 2.88. The molecule has 1 atom stereocenters. The maximum absolute atomic E-state index is 13.2. The van der Waals surface area contributed by atoms with Crippen LogP contribution in [0.3, 0.4) is 0 Å². The number of ether oxygens (including phenoxy) is 1. The zero-order chi connectivity index (χ0) is 18.8. The molecule has 6 heteroatoms. The third-order valence-electron chi connectivity index (χ3n) is 4.72. The molecule has 0 bridgehead atoms. The van der Waals surface area contributed by atoms with Crippen LogP contribution in [-0.2, 0) is 0 Å². The van der Waals surface area contributed by atoms with Crippen LogP contribution >= 0.6 is 0 Å². The monoisotopic (exact) mass is 364 g/mol. The Hall–Kier alpha value is -1.82. The summed E-state index contributed by atoms with van der Waals surface area (Å²) in [4.78, 5) is 6.83. The average molecular weight is 365 g/mol. The first-order valence-corrected chi connectivity index (χ1v) is 9.69. The first-order valence-electron chi connectivity index (χ1n) is 9.69. The second-order valence-electron chi connectivity index (χ2n) is 7.00. The first-order chi connectivity index (χ1) is 12.6. The number of likely N-dealkylation sites (tertiary alicyclic amines) is 1. The third kappa shape index (κ3) is 7.20.